The monoisotopic (exact) mass is 412 g/mol. The summed E-state index contributed by atoms with van der Waals surface area (Å²) in [5, 5.41) is 2.96. The van der Waals surface area contributed by atoms with E-state index in [2.05, 4.69) is 5.32 Å². The van der Waals surface area contributed by atoms with Crippen LogP contribution in [0.25, 0.3) is 11.1 Å². The number of nitrogens with one attached hydrogen (secondary N) is 1. The van der Waals surface area contributed by atoms with Gasteiger partial charge in [-0.15, -0.1) is 0 Å². The Morgan fingerprint density at radius 3 is 2.60 bits per heavy atom. The molecule has 0 aromatic heterocycles. The van der Waals surface area contributed by atoms with Crippen LogP contribution in [-0.4, -0.2) is 50.1 Å². The van der Waals surface area contributed by atoms with Gasteiger partial charge in [-0.3, -0.25) is 9.59 Å². The van der Waals surface area contributed by atoms with Crippen molar-refractivity contribution in [1.82, 2.24) is 10.2 Å². The van der Waals surface area contributed by atoms with Gasteiger partial charge in [-0.2, -0.15) is 0 Å². The summed E-state index contributed by atoms with van der Waals surface area (Å²) in [6.07, 6.45) is 1.98. The highest BCUT2D eigenvalue weighted by molar-refractivity contribution is 5.85. The first-order valence-electron chi connectivity index (χ1n) is 10.4. The van der Waals surface area contributed by atoms with E-state index in [-0.39, 0.29) is 24.2 Å². The van der Waals surface area contributed by atoms with Crippen LogP contribution in [0.4, 0.5) is 4.39 Å². The maximum atomic E-state index is 13.7. The summed E-state index contributed by atoms with van der Waals surface area (Å²) in [5.74, 6) is -0.410. The third-order valence-corrected chi connectivity index (χ3v) is 5.64. The minimum Gasteiger partial charge on any atom is -0.375 e. The fourth-order valence-corrected chi connectivity index (χ4v) is 4.24. The Morgan fingerprint density at radius 2 is 1.90 bits per heavy atom. The van der Waals surface area contributed by atoms with Gasteiger partial charge in [0, 0.05) is 26.7 Å². The highest BCUT2D eigenvalue weighted by atomic mass is 19.1. The van der Waals surface area contributed by atoms with Crippen LogP contribution in [0.2, 0.25) is 0 Å². The molecule has 0 saturated carbocycles. The zero-order chi connectivity index (χ0) is 21.6. The number of hydrogen-bond acceptors (Lipinski definition) is 3. The molecule has 1 aliphatic rings. The first kappa shape index (κ1) is 22.0. The van der Waals surface area contributed by atoms with Crippen LogP contribution < -0.4 is 5.32 Å². The molecule has 0 bridgehead atoms. The molecular weight excluding hydrogens is 383 g/mol. The summed E-state index contributed by atoms with van der Waals surface area (Å²) in [6, 6.07) is 14.3. The van der Waals surface area contributed by atoms with Gasteiger partial charge in [0.15, 0.2) is 0 Å². The van der Waals surface area contributed by atoms with E-state index in [1.165, 1.54) is 19.2 Å². The standard InChI is InChI=1S/C24H29FN2O3/c1-3-26-23(29)24(11-6-12-27(17-24)22(28)16-30-2)15-18-7-4-8-19(13-18)20-9-5-10-21(25)14-20/h4-5,7-10,13-14H,3,6,11-12,15-17H2,1-2H3,(H,26,29). The van der Waals surface area contributed by atoms with Gasteiger partial charge in [-0.25, -0.2) is 4.39 Å². The van der Waals surface area contributed by atoms with Crippen molar-refractivity contribution in [2.24, 2.45) is 5.41 Å². The highest BCUT2D eigenvalue weighted by Crippen LogP contribution is 2.35. The lowest BCUT2D eigenvalue weighted by Gasteiger charge is -2.42. The van der Waals surface area contributed by atoms with Crippen molar-refractivity contribution in [2.45, 2.75) is 26.2 Å². The van der Waals surface area contributed by atoms with Crippen molar-refractivity contribution < 1.29 is 18.7 Å². The lowest BCUT2D eigenvalue weighted by atomic mass is 9.74. The smallest absolute Gasteiger partial charge is 0.248 e. The second-order valence-corrected chi connectivity index (χ2v) is 7.88. The lowest BCUT2D eigenvalue weighted by Crippen LogP contribution is -2.55. The topological polar surface area (TPSA) is 58.6 Å². The molecular formula is C24H29FN2O3. The molecule has 2 aromatic rings. The van der Waals surface area contributed by atoms with Gasteiger partial charge in [0.05, 0.1) is 5.41 Å². The zero-order valence-corrected chi connectivity index (χ0v) is 17.6. The number of carbonyl (C=O) groups excluding carboxylic acids is 2. The number of amides is 2. The van der Waals surface area contributed by atoms with Gasteiger partial charge in [0.1, 0.15) is 12.4 Å². The maximum Gasteiger partial charge on any atom is 0.248 e. The summed E-state index contributed by atoms with van der Waals surface area (Å²) < 4.78 is 18.7. The van der Waals surface area contributed by atoms with Gasteiger partial charge in [-0.1, -0.05) is 36.4 Å². The quantitative estimate of drug-likeness (QED) is 0.758. The van der Waals surface area contributed by atoms with Crippen molar-refractivity contribution in [3.05, 3.63) is 59.9 Å². The predicted molar refractivity (Wildman–Crippen MR) is 114 cm³/mol. The van der Waals surface area contributed by atoms with E-state index < -0.39 is 5.41 Å². The highest BCUT2D eigenvalue weighted by Gasteiger charge is 2.43. The third kappa shape index (κ3) is 5.05. The molecule has 0 radical (unpaired) electrons. The average molecular weight is 413 g/mol. The molecule has 1 aliphatic heterocycles. The predicted octanol–water partition coefficient (Wildman–Crippen LogP) is 3.43. The first-order valence-corrected chi connectivity index (χ1v) is 10.4. The number of nitrogens with zero attached hydrogens (tertiary/aromatic N) is 1. The SMILES string of the molecule is CCNC(=O)C1(Cc2cccc(-c3cccc(F)c3)c2)CCCN(C(=O)COC)C1. The number of benzene rings is 2. The summed E-state index contributed by atoms with van der Waals surface area (Å²) >= 11 is 0. The molecule has 3 rings (SSSR count). The Balaban J connectivity index is 1.89. The maximum absolute atomic E-state index is 13.7. The zero-order valence-electron chi connectivity index (χ0n) is 17.6. The molecule has 1 fully saturated rings. The second kappa shape index (κ2) is 9.85. The molecule has 1 atom stereocenters. The van der Waals surface area contributed by atoms with Crippen LogP contribution in [-0.2, 0) is 20.7 Å². The van der Waals surface area contributed by atoms with Crippen molar-refractivity contribution in [3.8, 4) is 11.1 Å². The molecule has 6 heteroatoms. The van der Waals surface area contributed by atoms with Gasteiger partial charge < -0.3 is 15.0 Å². The van der Waals surface area contributed by atoms with Crippen molar-refractivity contribution in [1.29, 1.82) is 0 Å². The van der Waals surface area contributed by atoms with E-state index in [0.717, 1.165) is 23.1 Å². The Hall–Kier alpha value is -2.73. The molecule has 30 heavy (non-hydrogen) atoms. The molecule has 2 aromatic carbocycles. The molecule has 0 aliphatic carbocycles. The minimum absolute atomic E-state index is 0.0144. The number of piperidine rings is 1. The van der Waals surface area contributed by atoms with E-state index in [0.29, 0.717) is 32.5 Å². The summed E-state index contributed by atoms with van der Waals surface area (Å²) in [4.78, 5) is 27.3. The van der Waals surface area contributed by atoms with Crippen LogP contribution in [0.15, 0.2) is 48.5 Å². The molecule has 5 nitrogen and oxygen atoms in total. The van der Waals surface area contributed by atoms with Crippen molar-refractivity contribution >= 4 is 11.8 Å². The lowest BCUT2D eigenvalue weighted by molar-refractivity contribution is -0.144. The molecule has 1 heterocycles. The van der Waals surface area contributed by atoms with Crippen LogP contribution in [0, 0.1) is 11.2 Å². The van der Waals surface area contributed by atoms with Crippen molar-refractivity contribution in [3.63, 3.8) is 0 Å². The normalized spacial score (nSPS) is 18.8. The number of hydrogen-bond donors (Lipinski definition) is 1. The fraction of sp³-hybridized carbons (Fsp3) is 0.417. The number of methoxy groups -OCH3 is 1. The van der Waals surface area contributed by atoms with Gasteiger partial charge in [0.2, 0.25) is 11.8 Å². The first-order chi connectivity index (χ1) is 14.5. The second-order valence-electron chi connectivity index (χ2n) is 7.88. The summed E-state index contributed by atoms with van der Waals surface area (Å²) in [5.41, 5.74) is 1.99. The Kier molecular flexibility index (Phi) is 7.21. The van der Waals surface area contributed by atoms with Gasteiger partial charge >= 0.3 is 0 Å². The van der Waals surface area contributed by atoms with Crippen LogP contribution in [0.3, 0.4) is 0 Å². The largest absolute Gasteiger partial charge is 0.375 e. The van der Waals surface area contributed by atoms with Crippen LogP contribution >= 0.6 is 0 Å². The average Bonchev–Trinajstić information content (AvgIpc) is 2.74. The van der Waals surface area contributed by atoms with Crippen LogP contribution in [0.1, 0.15) is 25.3 Å². The van der Waals surface area contributed by atoms with E-state index in [9.17, 15) is 14.0 Å². The van der Waals surface area contributed by atoms with Crippen molar-refractivity contribution in [2.75, 3.05) is 33.4 Å². The summed E-state index contributed by atoms with van der Waals surface area (Å²) in [7, 11) is 1.50. The van der Waals surface area contributed by atoms with Gasteiger partial charge in [-0.05, 0) is 55.0 Å². The third-order valence-electron chi connectivity index (χ3n) is 5.64. The number of likely N-dealkylation sites (tertiary alicyclic amines) is 1. The Labute approximate surface area is 177 Å². The minimum atomic E-state index is -0.696. The molecule has 1 saturated heterocycles. The van der Waals surface area contributed by atoms with Crippen LogP contribution in [0.5, 0.6) is 0 Å². The fourth-order valence-electron chi connectivity index (χ4n) is 4.24. The van der Waals surface area contributed by atoms with E-state index in [1.54, 1.807) is 11.0 Å². The number of halogens is 1. The molecule has 0 spiro atoms. The number of carbonyl (C=O) groups is 2. The molecule has 1 unspecified atom stereocenters. The molecule has 1 N–H and O–H groups in total. The van der Waals surface area contributed by atoms with Gasteiger partial charge in [0.25, 0.3) is 0 Å². The van der Waals surface area contributed by atoms with E-state index >= 15 is 0 Å². The molecule has 160 valence electrons. The molecule has 2 amide bonds. The van der Waals surface area contributed by atoms with E-state index in [1.807, 2.05) is 37.3 Å². The summed E-state index contributed by atoms with van der Waals surface area (Å²) in [6.45, 7) is 3.45. The number of rotatable bonds is 7. The Morgan fingerprint density at radius 1 is 1.17 bits per heavy atom. The Bertz CT molecular complexity index is 902. The van der Waals surface area contributed by atoms with E-state index in [4.69, 9.17) is 4.74 Å². The number of ether oxygens (including phenoxy) is 1.